The first-order valence-electron chi connectivity index (χ1n) is 4.69. The molecule has 0 saturated carbocycles. The van der Waals surface area contributed by atoms with Crippen LogP contribution in [0.5, 0.6) is 0 Å². The summed E-state index contributed by atoms with van der Waals surface area (Å²) in [6, 6.07) is -0.0346. The van der Waals surface area contributed by atoms with Gasteiger partial charge in [-0.1, -0.05) is 0 Å². The molecule has 0 radical (unpaired) electrons. The summed E-state index contributed by atoms with van der Waals surface area (Å²) < 4.78 is 5.21. The van der Waals surface area contributed by atoms with Gasteiger partial charge in [-0.2, -0.15) is 0 Å². The van der Waals surface area contributed by atoms with E-state index >= 15 is 0 Å². The first-order valence-corrected chi connectivity index (χ1v) is 5.84. The van der Waals surface area contributed by atoms with Crippen molar-refractivity contribution in [3.8, 4) is 0 Å². The molecule has 1 aliphatic rings. The largest absolute Gasteiger partial charge is 0.377 e. The molecule has 1 fully saturated rings. The third-order valence-corrected chi connectivity index (χ3v) is 3.21. The molecule has 1 amide bonds. The van der Waals surface area contributed by atoms with Crippen LogP contribution in [-0.4, -0.2) is 42.8 Å². The summed E-state index contributed by atoms with van der Waals surface area (Å²) >= 11 is 1.75. The summed E-state index contributed by atoms with van der Waals surface area (Å²) in [6.07, 6.45) is 0. The number of rotatable bonds is 4. The number of amides is 1. The summed E-state index contributed by atoms with van der Waals surface area (Å²) in [4.78, 5) is 11.6. The quantitative estimate of drug-likeness (QED) is 0.772. The van der Waals surface area contributed by atoms with Crippen molar-refractivity contribution < 1.29 is 9.53 Å². The molecule has 1 rings (SSSR count). The average molecular weight is 255 g/mol. The zero-order chi connectivity index (χ0) is 10.6. The topological polar surface area (TPSA) is 50.4 Å². The highest BCUT2D eigenvalue weighted by molar-refractivity contribution is 7.99. The predicted octanol–water partition coefficient (Wildman–Crippen LogP) is 0.612. The zero-order valence-electron chi connectivity index (χ0n) is 9.33. The number of methoxy groups -OCH3 is 1. The summed E-state index contributed by atoms with van der Waals surface area (Å²) in [6.45, 7) is 4.44. The van der Waals surface area contributed by atoms with Crippen molar-refractivity contribution in [1.82, 2.24) is 10.6 Å². The van der Waals surface area contributed by atoms with E-state index in [9.17, 15) is 4.79 Å². The zero-order valence-corrected chi connectivity index (χ0v) is 11.0. The number of nitrogens with one attached hydrogen (secondary N) is 2. The fourth-order valence-electron chi connectivity index (χ4n) is 1.06. The molecule has 0 spiro atoms. The summed E-state index contributed by atoms with van der Waals surface area (Å²) in [5.41, 5.74) is -0.290. The Morgan fingerprint density at radius 3 is 2.80 bits per heavy atom. The minimum atomic E-state index is -0.290. The van der Waals surface area contributed by atoms with E-state index in [1.165, 1.54) is 0 Å². The third kappa shape index (κ3) is 5.06. The molecule has 1 heterocycles. The average Bonchev–Trinajstić information content (AvgIpc) is 2.67. The number of hydrogen-bond acceptors (Lipinski definition) is 4. The van der Waals surface area contributed by atoms with E-state index < -0.39 is 0 Å². The number of hydrogen-bond donors (Lipinski definition) is 2. The molecule has 4 nitrogen and oxygen atoms in total. The third-order valence-electron chi connectivity index (χ3n) is 2.27. The van der Waals surface area contributed by atoms with Crippen LogP contribution in [0.25, 0.3) is 0 Å². The second kappa shape index (κ2) is 6.58. The van der Waals surface area contributed by atoms with Gasteiger partial charge < -0.3 is 10.1 Å². The summed E-state index contributed by atoms with van der Waals surface area (Å²) in [5.74, 6) is 1.80. The predicted molar refractivity (Wildman–Crippen MR) is 65.6 cm³/mol. The summed E-state index contributed by atoms with van der Waals surface area (Å²) in [5, 5.41) is 6.00. The van der Waals surface area contributed by atoms with Crippen LogP contribution < -0.4 is 10.6 Å². The Kier molecular flexibility index (Phi) is 6.59. The Bertz CT molecular complexity index is 208. The second-order valence-electron chi connectivity index (χ2n) is 3.95. The Labute approximate surface area is 101 Å². The van der Waals surface area contributed by atoms with Gasteiger partial charge in [0.15, 0.2) is 0 Å². The van der Waals surface area contributed by atoms with Crippen LogP contribution in [0.1, 0.15) is 13.8 Å². The van der Waals surface area contributed by atoms with E-state index in [-0.39, 0.29) is 30.0 Å². The van der Waals surface area contributed by atoms with Crippen molar-refractivity contribution in [1.29, 1.82) is 0 Å². The molecule has 6 heteroatoms. The minimum absolute atomic E-state index is 0. The molecular weight excluding hydrogens is 236 g/mol. The highest BCUT2D eigenvalue weighted by Gasteiger charge is 2.24. The molecule has 1 saturated heterocycles. The fraction of sp³-hybridized carbons (Fsp3) is 0.889. The van der Waals surface area contributed by atoms with Gasteiger partial charge in [0, 0.05) is 25.3 Å². The van der Waals surface area contributed by atoms with E-state index in [1.54, 1.807) is 18.9 Å². The Morgan fingerprint density at radius 2 is 2.33 bits per heavy atom. The van der Waals surface area contributed by atoms with Gasteiger partial charge in [-0.25, -0.2) is 0 Å². The first-order chi connectivity index (χ1) is 6.55. The lowest BCUT2D eigenvalue weighted by molar-refractivity contribution is -0.123. The highest BCUT2D eigenvalue weighted by atomic mass is 35.5. The monoisotopic (exact) mass is 254 g/mol. The van der Waals surface area contributed by atoms with Crippen LogP contribution in [0.15, 0.2) is 0 Å². The van der Waals surface area contributed by atoms with Crippen LogP contribution in [0, 0.1) is 0 Å². The molecule has 0 aromatic rings. The molecule has 0 bridgehead atoms. The van der Waals surface area contributed by atoms with E-state index in [2.05, 4.69) is 10.6 Å². The summed E-state index contributed by atoms with van der Waals surface area (Å²) in [7, 11) is 1.65. The minimum Gasteiger partial charge on any atom is -0.377 e. The van der Waals surface area contributed by atoms with Crippen molar-refractivity contribution in [2.75, 3.05) is 25.3 Å². The molecule has 90 valence electrons. The van der Waals surface area contributed by atoms with E-state index in [4.69, 9.17) is 4.74 Å². The van der Waals surface area contributed by atoms with Crippen LogP contribution in [-0.2, 0) is 9.53 Å². The molecule has 0 aliphatic carbocycles. The first kappa shape index (κ1) is 15.0. The lowest BCUT2D eigenvalue weighted by Gasteiger charge is -2.23. The van der Waals surface area contributed by atoms with E-state index in [1.807, 2.05) is 13.8 Å². The van der Waals surface area contributed by atoms with Gasteiger partial charge in [-0.05, 0) is 13.8 Å². The smallest absolute Gasteiger partial charge is 0.238 e. The Balaban J connectivity index is 0.00000196. The van der Waals surface area contributed by atoms with Crippen LogP contribution in [0.3, 0.4) is 0 Å². The van der Waals surface area contributed by atoms with Crippen molar-refractivity contribution in [2.24, 2.45) is 0 Å². The molecular formula is C9H19ClN2O2S. The number of halogens is 1. The fourth-order valence-corrected chi connectivity index (χ4v) is 2.00. The standard InChI is InChI=1S/C9H18N2O2S.ClH/c1-9(2,13-3)5-10-8(12)7-4-14-6-11-7;/h7,11H,4-6H2,1-3H3,(H,10,12);1H. The number of thioether (sulfide) groups is 1. The van der Waals surface area contributed by atoms with Crippen molar-refractivity contribution in [3.05, 3.63) is 0 Å². The maximum Gasteiger partial charge on any atom is 0.238 e. The lowest BCUT2D eigenvalue weighted by Crippen LogP contribution is -2.47. The van der Waals surface area contributed by atoms with Crippen LogP contribution in [0.4, 0.5) is 0 Å². The Morgan fingerprint density at radius 1 is 1.67 bits per heavy atom. The number of ether oxygens (including phenoxy) is 1. The van der Waals surface area contributed by atoms with Crippen LogP contribution in [0.2, 0.25) is 0 Å². The number of carbonyl (C=O) groups is 1. The van der Waals surface area contributed by atoms with Crippen molar-refractivity contribution >= 4 is 30.1 Å². The van der Waals surface area contributed by atoms with Gasteiger partial charge >= 0.3 is 0 Å². The molecule has 0 aromatic carbocycles. The van der Waals surface area contributed by atoms with Gasteiger partial charge in [0.1, 0.15) is 0 Å². The van der Waals surface area contributed by atoms with Gasteiger partial charge in [0.2, 0.25) is 5.91 Å². The Hall–Kier alpha value is 0.0300. The molecule has 1 atom stereocenters. The van der Waals surface area contributed by atoms with Crippen molar-refractivity contribution in [2.45, 2.75) is 25.5 Å². The maximum atomic E-state index is 11.6. The van der Waals surface area contributed by atoms with Gasteiger partial charge in [0.05, 0.1) is 11.6 Å². The highest BCUT2D eigenvalue weighted by Crippen LogP contribution is 2.10. The maximum absolute atomic E-state index is 11.6. The number of carbonyl (C=O) groups excluding carboxylic acids is 1. The molecule has 0 aromatic heterocycles. The second-order valence-corrected chi connectivity index (χ2v) is 4.98. The molecule has 2 N–H and O–H groups in total. The normalized spacial score (nSPS) is 20.9. The van der Waals surface area contributed by atoms with Gasteiger partial charge in [-0.3, -0.25) is 10.1 Å². The molecule has 1 unspecified atom stereocenters. The molecule has 15 heavy (non-hydrogen) atoms. The lowest BCUT2D eigenvalue weighted by atomic mass is 10.1. The van der Waals surface area contributed by atoms with E-state index in [0.717, 1.165) is 11.6 Å². The van der Waals surface area contributed by atoms with Gasteiger partial charge in [-0.15, -0.1) is 24.2 Å². The SMILES string of the molecule is COC(C)(C)CNC(=O)C1CSCN1.Cl. The molecule has 1 aliphatic heterocycles. The van der Waals surface area contributed by atoms with E-state index in [0.29, 0.717) is 6.54 Å². The van der Waals surface area contributed by atoms with Crippen molar-refractivity contribution in [3.63, 3.8) is 0 Å². The van der Waals surface area contributed by atoms with Gasteiger partial charge in [0.25, 0.3) is 0 Å². The van der Waals surface area contributed by atoms with Crippen LogP contribution >= 0.6 is 24.2 Å².